The highest BCUT2D eigenvalue weighted by atomic mass is 16.5. The maximum absolute atomic E-state index is 12.8. The molecule has 1 aliphatic carbocycles. The summed E-state index contributed by atoms with van der Waals surface area (Å²) in [5.41, 5.74) is 1.17. The number of hydrogen-bond acceptors (Lipinski definition) is 6. The first-order chi connectivity index (χ1) is 13.5. The van der Waals surface area contributed by atoms with Gasteiger partial charge in [-0.2, -0.15) is 5.26 Å². The first kappa shape index (κ1) is 19.4. The smallest absolute Gasteiger partial charge is 0.250 e. The average molecular weight is 380 g/mol. The number of ketones is 2. The molecule has 0 saturated heterocycles. The molecule has 0 spiro atoms. The molecule has 0 radical (unpaired) electrons. The lowest BCUT2D eigenvalue weighted by molar-refractivity contribution is -0.117. The molecule has 1 atom stereocenters. The summed E-state index contributed by atoms with van der Waals surface area (Å²) < 4.78 is 11.0. The van der Waals surface area contributed by atoms with Gasteiger partial charge in [-0.1, -0.05) is 12.1 Å². The fourth-order valence-corrected chi connectivity index (χ4v) is 3.31. The Morgan fingerprint density at radius 3 is 2.75 bits per heavy atom. The molecule has 7 heteroatoms. The first-order valence-corrected chi connectivity index (χ1v) is 9.09. The molecule has 3 rings (SSSR count). The van der Waals surface area contributed by atoms with E-state index in [9.17, 15) is 19.6 Å². The third-order valence-electron chi connectivity index (χ3n) is 4.63. The van der Waals surface area contributed by atoms with Gasteiger partial charge in [-0.3, -0.25) is 14.4 Å². The number of benzene rings is 1. The molecule has 7 nitrogen and oxygen atoms in total. The van der Waals surface area contributed by atoms with Crippen molar-refractivity contribution in [3.8, 4) is 11.8 Å². The molecule has 1 amide bonds. The number of nitrogens with zero attached hydrogens (tertiary/aromatic N) is 1. The van der Waals surface area contributed by atoms with E-state index in [-0.39, 0.29) is 11.5 Å². The zero-order valence-corrected chi connectivity index (χ0v) is 15.7. The SMILES string of the molecule is CCOc1ccccc1NC(=O)C(C#N)C(=O)c1oc2c(c1C)C(=O)CCC2. The van der Waals surface area contributed by atoms with Crippen LogP contribution < -0.4 is 10.1 Å². The minimum Gasteiger partial charge on any atom is -0.492 e. The second-order valence-corrected chi connectivity index (χ2v) is 6.48. The number of Topliss-reactive ketones (excluding diaryl/α,β-unsaturated/α-hetero) is 2. The highest BCUT2D eigenvalue weighted by Crippen LogP contribution is 2.31. The van der Waals surface area contributed by atoms with E-state index in [1.165, 1.54) is 0 Å². The number of nitrogens with one attached hydrogen (secondary N) is 1. The molecule has 0 saturated carbocycles. The van der Waals surface area contributed by atoms with Crippen molar-refractivity contribution < 1.29 is 23.5 Å². The Kier molecular flexibility index (Phi) is 5.59. The van der Waals surface area contributed by atoms with Crippen molar-refractivity contribution in [2.45, 2.75) is 33.1 Å². The fourth-order valence-electron chi connectivity index (χ4n) is 3.31. The fraction of sp³-hybridized carbons (Fsp3) is 0.333. The summed E-state index contributed by atoms with van der Waals surface area (Å²) in [6.07, 6.45) is 1.61. The van der Waals surface area contributed by atoms with Crippen LogP contribution in [0, 0.1) is 24.2 Å². The third kappa shape index (κ3) is 3.54. The number of anilines is 1. The van der Waals surface area contributed by atoms with Crippen LogP contribution >= 0.6 is 0 Å². The monoisotopic (exact) mass is 380 g/mol. The first-order valence-electron chi connectivity index (χ1n) is 9.09. The Morgan fingerprint density at radius 1 is 1.32 bits per heavy atom. The van der Waals surface area contributed by atoms with Gasteiger partial charge in [0.15, 0.2) is 17.5 Å². The van der Waals surface area contributed by atoms with Crippen molar-refractivity contribution in [3.05, 3.63) is 46.9 Å². The number of amides is 1. The van der Waals surface area contributed by atoms with Crippen molar-refractivity contribution >= 4 is 23.2 Å². The lowest BCUT2D eigenvalue weighted by atomic mass is 9.92. The van der Waals surface area contributed by atoms with Crippen LogP contribution in [0.4, 0.5) is 5.69 Å². The van der Waals surface area contributed by atoms with Crippen LogP contribution in [-0.2, 0) is 11.2 Å². The predicted octanol–water partition coefficient (Wildman–Crippen LogP) is 3.47. The molecule has 1 aromatic heterocycles. The summed E-state index contributed by atoms with van der Waals surface area (Å²) >= 11 is 0. The van der Waals surface area contributed by atoms with E-state index in [1.807, 2.05) is 6.92 Å². The van der Waals surface area contributed by atoms with Gasteiger partial charge < -0.3 is 14.5 Å². The van der Waals surface area contributed by atoms with Crippen LogP contribution in [0.15, 0.2) is 28.7 Å². The van der Waals surface area contributed by atoms with Gasteiger partial charge in [0.2, 0.25) is 11.7 Å². The topological polar surface area (TPSA) is 109 Å². The number of ether oxygens (including phenoxy) is 1. The van der Waals surface area contributed by atoms with Crippen molar-refractivity contribution in [2.24, 2.45) is 5.92 Å². The minimum absolute atomic E-state index is 0.0786. The Bertz CT molecular complexity index is 983. The molecule has 0 bridgehead atoms. The summed E-state index contributed by atoms with van der Waals surface area (Å²) in [6.45, 7) is 3.82. The Labute approximate surface area is 162 Å². The van der Waals surface area contributed by atoms with Crippen molar-refractivity contribution in [1.29, 1.82) is 5.26 Å². The van der Waals surface area contributed by atoms with E-state index in [0.29, 0.717) is 54.2 Å². The zero-order chi connectivity index (χ0) is 20.3. The molecule has 1 aromatic carbocycles. The predicted molar refractivity (Wildman–Crippen MR) is 100 cm³/mol. The molecule has 1 aliphatic rings. The minimum atomic E-state index is -1.60. The second kappa shape index (κ2) is 8.09. The zero-order valence-electron chi connectivity index (χ0n) is 15.7. The van der Waals surface area contributed by atoms with E-state index in [0.717, 1.165) is 0 Å². The molecule has 1 unspecified atom stereocenters. The number of hydrogen-bond donors (Lipinski definition) is 1. The van der Waals surface area contributed by atoms with Gasteiger partial charge in [0.25, 0.3) is 0 Å². The van der Waals surface area contributed by atoms with Crippen molar-refractivity contribution in [3.63, 3.8) is 0 Å². The summed E-state index contributed by atoms with van der Waals surface area (Å²) in [7, 11) is 0. The van der Waals surface area contributed by atoms with Gasteiger partial charge in [0.1, 0.15) is 11.5 Å². The van der Waals surface area contributed by atoms with E-state index in [4.69, 9.17) is 9.15 Å². The number of aryl methyl sites for hydroxylation is 1. The van der Waals surface area contributed by atoms with Gasteiger partial charge in [-0.15, -0.1) is 0 Å². The summed E-state index contributed by atoms with van der Waals surface area (Å²) in [6, 6.07) is 8.50. The normalized spacial score (nSPS) is 14.0. The number of carbonyl (C=O) groups excluding carboxylic acids is 3. The molecule has 28 heavy (non-hydrogen) atoms. The Balaban J connectivity index is 1.86. The maximum Gasteiger partial charge on any atom is 0.250 e. The highest BCUT2D eigenvalue weighted by molar-refractivity contribution is 6.16. The van der Waals surface area contributed by atoms with Gasteiger partial charge in [-0.05, 0) is 32.4 Å². The average Bonchev–Trinajstić information content (AvgIpc) is 3.02. The number of nitriles is 1. The second-order valence-electron chi connectivity index (χ2n) is 6.48. The number of furan rings is 1. The highest BCUT2D eigenvalue weighted by Gasteiger charge is 2.35. The molecule has 1 N–H and O–H groups in total. The molecular weight excluding hydrogens is 360 g/mol. The van der Waals surface area contributed by atoms with Gasteiger partial charge in [-0.25, -0.2) is 0 Å². The molecule has 0 fully saturated rings. The van der Waals surface area contributed by atoms with Crippen LogP contribution in [-0.4, -0.2) is 24.1 Å². The molecule has 144 valence electrons. The summed E-state index contributed by atoms with van der Waals surface area (Å²) in [4.78, 5) is 37.6. The maximum atomic E-state index is 12.8. The molecule has 1 heterocycles. The number of para-hydroxylation sites is 2. The molecule has 2 aromatic rings. The largest absolute Gasteiger partial charge is 0.492 e. The Morgan fingerprint density at radius 2 is 2.07 bits per heavy atom. The quantitative estimate of drug-likeness (QED) is 0.607. The lowest BCUT2D eigenvalue weighted by Gasteiger charge is -2.13. The van der Waals surface area contributed by atoms with Gasteiger partial charge >= 0.3 is 0 Å². The number of fused-ring (bicyclic) bond motifs is 1. The van der Waals surface area contributed by atoms with Crippen LogP contribution in [0.2, 0.25) is 0 Å². The van der Waals surface area contributed by atoms with Crippen molar-refractivity contribution in [1.82, 2.24) is 0 Å². The van der Waals surface area contributed by atoms with Crippen molar-refractivity contribution in [2.75, 3.05) is 11.9 Å². The Hall–Kier alpha value is -3.40. The van der Waals surface area contributed by atoms with E-state index in [1.54, 1.807) is 37.3 Å². The van der Waals surface area contributed by atoms with Crippen LogP contribution in [0.1, 0.15) is 52.0 Å². The summed E-state index contributed by atoms with van der Waals surface area (Å²) in [5.74, 6) is -2.41. The standard InChI is InChI=1S/C21H20N2O5/c1-3-27-16-9-5-4-7-14(16)23-21(26)13(11-22)19(25)20-12(2)18-15(24)8-6-10-17(18)28-20/h4-5,7,9,13H,3,6,8,10H2,1-2H3,(H,23,26). The van der Waals surface area contributed by atoms with Crippen LogP contribution in [0.5, 0.6) is 5.75 Å². The van der Waals surface area contributed by atoms with E-state index < -0.39 is 17.6 Å². The van der Waals surface area contributed by atoms with Gasteiger partial charge in [0, 0.05) is 18.4 Å². The van der Waals surface area contributed by atoms with E-state index in [2.05, 4.69) is 5.32 Å². The number of carbonyl (C=O) groups is 3. The summed E-state index contributed by atoms with van der Waals surface area (Å²) in [5, 5.41) is 12.0. The lowest BCUT2D eigenvalue weighted by Crippen LogP contribution is -2.29. The molecule has 0 aliphatic heterocycles. The van der Waals surface area contributed by atoms with Gasteiger partial charge in [0.05, 0.1) is 23.9 Å². The molecular formula is C21H20N2O5. The van der Waals surface area contributed by atoms with E-state index >= 15 is 0 Å². The van der Waals surface area contributed by atoms with Crippen LogP contribution in [0.3, 0.4) is 0 Å². The van der Waals surface area contributed by atoms with Crippen LogP contribution in [0.25, 0.3) is 0 Å². The third-order valence-corrected chi connectivity index (χ3v) is 4.63. The number of rotatable bonds is 6.